The fourth-order valence-corrected chi connectivity index (χ4v) is 2.66. The summed E-state index contributed by atoms with van der Waals surface area (Å²) in [7, 11) is 0. The Hall–Kier alpha value is -3.48. The van der Waals surface area contributed by atoms with Gasteiger partial charge in [-0.2, -0.15) is 0 Å². The van der Waals surface area contributed by atoms with Crippen molar-refractivity contribution in [3.8, 4) is 11.3 Å². The molecule has 0 aliphatic rings. The molecule has 0 bridgehead atoms. The molecule has 1 N–H and O–H groups in total. The van der Waals surface area contributed by atoms with Gasteiger partial charge in [0.15, 0.2) is 12.2 Å². The number of nitrogens with zero attached hydrogens (tertiary/aromatic N) is 4. The van der Waals surface area contributed by atoms with Gasteiger partial charge in [-0.05, 0) is 37.3 Å². The van der Waals surface area contributed by atoms with Gasteiger partial charge in [0.05, 0.1) is 11.7 Å². The van der Waals surface area contributed by atoms with Crippen LogP contribution in [0.3, 0.4) is 0 Å². The molecule has 0 fully saturated rings. The Morgan fingerprint density at radius 1 is 1.24 bits per heavy atom. The molecule has 1 amide bonds. The molecule has 0 spiro atoms. The number of oxazole rings is 1. The largest absolute Gasteiger partial charge is 0.444 e. The molecule has 0 saturated heterocycles. The lowest BCUT2D eigenvalue weighted by Gasteiger charge is -2.07. The summed E-state index contributed by atoms with van der Waals surface area (Å²) < 4.78 is 7.07. The molecule has 0 aliphatic heterocycles. The first-order chi connectivity index (χ1) is 12.2. The molecule has 0 atom stereocenters. The standard InChI is InChI=1S/C18H15N5O2/c1-2-23-16-7-6-13(9-15(16)21-22-23)18(24)20-14-5-3-4-12(8-14)17-10-19-11-25-17/h3-11H,2H2,1H3,(H,20,24). The Labute approximate surface area is 143 Å². The Balaban J connectivity index is 1.59. The van der Waals surface area contributed by atoms with E-state index in [1.165, 1.54) is 6.39 Å². The molecule has 0 radical (unpaired) electrons. The second-order valence-electron chi connectivity index (χ2n) is 5.51. The predicted molar refractivity (Wildman–Crippen MR) is 93.1 cm³/mol. The van der Waals surface area contributed by atoms with E-state index in [0.717, 1.165) is 17.6 Å². The lowest BCUT2D eigenvalue weighted by atomic mass is 10.1. The quantitative estimate of drug-likeness (QED) is 0.619. The average Bonchev–Trinajstić information content (AvgIpc) is 3.31. The van der Waals surface area contributed by atoms with E-state index in [9.17, 15) is 4.79 Å². The lowest BCUT2D eigenvalue weighted by molar-refractivity contribution is 0.102. The minimum atomic E-state index is -0.206. The second-order valence-corrected chi connectivity index (χ2v) is 5.51. The van der Waals surface area contributed by atoms with Crippen molar-refractivity contribution in [3.05, 3.63) is 60.6 Å². The summed E-state index contributed by atoms with van der Waals surface area (Å²) in [5.41, 5.74) is 3.66. The van der Waals surface area contributed by atoms with Crippen LogP contribution in [-0.4, -0.2) is 25.9 Å². The molecule has 4 rings (SSSR count). The van der Waals surface area contributed by atoms with Crippen molar-refractivity contribution < 1.29 is 9.21 Å². The van der Waals surface area contributed by atoms with Gasteiger partial charge in [-0.25, -0.2) is 9.67 Å². The molecule has 124 valence electrons. The fraction of sp³-hybridized carbons (Fsp3) is 0.111. The molecule has 25 heavy (non-hydrogen) atoms. The van der Waals surface area contributed by atoms with Gasteiger partial charge >= 0.3 is 0 Å². The molecular formula is C18H15N5O2. The minimum absolute atomic E-state index is 0.206. The molecule has 0 aliphatic carbocycles. The lowest BCUT2D eigenvalue weighted by Crippen LogP contribution is -2.11. The number of carbonyl (C=O) groups is 1. The summed E-state index contributed by atoms with van der Waals surface area (Å²) in [6, 6.07) is 12.8. The minimum Gasteiger partial charge on any atom is -0.444 e. The highest BCUT2D eigenvalue weighted by Crippen LogP contribution is 2.22. The number of aromatic nitrogens is 4. The Morgan fingerprint density at radius 2 is 2.16 bits per heavy atom. The zero-order valence-corrected chi connectivity index (χ0v) is 13.5. The van der Waals surface area contributed by atoms with Crippen LogP contribution in [0.4, 0.5) is 5.69 Å². The van der Waals surface area contributed by atoms with Crippen molar-refractivity contribution in [1.82, 2.24) is 20.0 Å². The number of anilines is 1. The molecular weight excluding hydrogens is 318 g/mol. The van der Waals surface area contributed by atoms with Crippen LogP contribution in [0.15, 0.2) is 59.5 Å². The summed E-state index contributed by atoms with van der Waals surface area (Å²) in [5.74, 6) is 0.441. The van der Waals surface area contributed by atoms with Crippen LogP contribution < -0.4 is 5.32 Å². The summed E-state index contributed by atoms with van der Waals surface area (Å²) in [6.07, 6.45) is 3.01. The normalized spacial score (nSPS) is 10.9. The highest BCUT2D eigenvalue weighted by molar-refractivity contribution is 6.06. The van der Waals surface area contributed by atoms with Crippen LogP contribution >= 0.6 is 0 Å². The van der Waals surface area contributed by atoms with E-state index in [1.54, 1.807) is 23.0 Å². The number of aryl methyl sites for hydroxylation is 1. The third-order valence-corrected chi connectivity index (χ3v) is 3.91. The van der Waals surface area contributed by atoms with E-state index < -0.39 is 0 Å². The van der Waals surface area contributed by atoms with Crippen LogP contribution in [0.1, 0.15) is 17.3 Å². The molecule has 2 heterocycles. The number of benzene rings is 2. The summed E-state index contributed by atoms with van der Waals surface area (Å²) >= 11 is 0. The van der Waals surface area contributed by atoms with Gasteiger partial charge < -0.3 is 9.73 Å². The summed E-state index contributed by atoms with van der Waals surface area (Å²) in [6.45, 7) is 2.73. The highest BCUT2D eigenvalue weighted by Gasteiger charge is 2.11. The van der Waals surface area contributed by atoms with Gasteiger partial charge in [0.25, 0.3) is 5.91 Å². The van der Waals surface area contributed by atoms with Crippen molar-refractivity contribution in [2.24, 2.45) is 0 Å². The van der Waals surface area contributed by atoms with E-state index in [1.807, 2.05) is 37.3 Å². The van der Waals surface area contributed by atoms with Gasteiger partial charge in [0.1, 0.15) is 5.52 Å². The zero-order valence-electron chi connectivity index (χ0n) is 13.5. The number of nitrogens with one attached hydrogen (secondary N) is 1. The Morgan fingerprint density at radius 3 is 2.96 bits per heavy atom. The van der Waals surface area contributed by atoms with E-state index in [2.05, 4.69) is 20.6 Å². The van der Waals surface area contributed by atoms with Gasteiger partial charge in [-0.3, -0.25) is 4.79 Å². The summed E-state index contributed by atoms with van der Waals surface area (Å²) in [4.78, 5) is 16.4. The van der Waals surface area contributed by atoms with Crippen LogP contribution in [-0.2, 0) is 6.54 Å². The molecule has 2 aromatic carbocycles. The number of hydrogen-bond donors (Lipinski definition) is 1. The van der Waals surface area contributed by atoms with Crippen molar-refractivity contribution in [3.63, 3.8) is 0 Å². The van der Waals surface area contributed by atoms with Gasteiger partial charge in [-0.1, -0.05) is 17.3 Å². The van der Waals surface area contributed by atoms with Crippen LogP contribution in [0, 0.1) is 0 Å². The first-order valence-corrected chi connectivity index (χ1v) is 7.88. The van der Waals surface area contributed by atoms with Crippen molar-refractivity contribution >= 4 is 22.6 Å². The van der Waals surface area contributed by atoms with Gasteiger partial charge in [0, 0.05) is 23.4 Å². The Bertz CT molecular complexity index is 1040. The van der Waals surface area contributed by atoms with E-state index in [0.29, 0.717) is 22.5 Å². The predicted octanol–water partition coefficient (Wildman–Crippen LogP) is 3.36. The van der Waals surface area contributed by atoms with Crippen LogP contribution in [0.5, 0.6) is 0 Å². The maximum absolute atomic E-state index is 12.5. The molecule has 4 aromatic rings. The van der Waals surface area contributed by atoms with Gasteiger partial charge in [-0.15, -0.1) is 5.10 Å². The number of hydrogen-bond acceptors (Lipinski definition) is 5. The average molecular weight is 333 g/mol. The SMILES string of the molecule is CCn1nnc2cc(C(=O)Nc3cccc(-c4cnco4)c3)ccc21. The third-order valence-electron chi connectivity index (χ3n) is 3.91. The zero-order chi connectivity index (χ0) is 17.2. The maximum atomic E-state index is 12.5. The molecule has 7 heteroatoms. The van der Waals surface area contributed by atoms with Crippen LogP contribution in [0.25, 0.3) is 22.4 Å². The highest BCUT2D eigenvalue weighted by atomic mass is 16.3. The van der Waals surface area contributed by atoms with Crippen molar-refractivity contribution in [1.29, 1.82) is 0 Å². The van der Waals surface area contributed by atoms with Crippen molar-refractivity contribution in [2.45, 2.75) is 13.5 Å². The number of fused-ring (bicyclic) bond motifs is 1. The van der Waals surface area contributed by atoms with E-state index in [4.69, 9.17) is 4.42 Å². The molecule has 0 saturated carbocycles. The van der Waals surface area contributed by atoms with E-state index in [-0.39, 0.29) is 5.91 Å². The number of amides is 1. The fourth-order valence-electron chi connectivity index (χ4n) is 2.66. The molecule has 0 unspecified atom stereocenters. The number of rotatable bonds is 4. The van der Waals surface area contributed by atoms with Gasteiger partial charge in [0.2, 0.25) is 0 Å². The van der Waals surface area contributed by atoms with Crippen molar-refractivity contribution in [2.75, 3.05) is 5.32 Å². The van der Waals surface area contributed by atoms with Crippen LogP contribution in [0.2, 0.25) is 0 Å². The second kappa shape index (κ2) is 6.20. The topological polar surface area (TPSA) is 85.8 Å². The third kappa shape index (κ3) is 2.87. The first-order valence-electron chi connectivity index (χ1n) is 7.88. The smallest absolute Gasteiger partial charge is 0.255 e. The first kappa shape index (κ1) is 15.1. The molecule has 7 nitrogen and oxygen atoms in total. The molecule has 2 aromatic heterocycles. The summed E-state index contributed by atoms with van der Waals surface area (Å²) in [5, 5.41) is 11.0. The Kier molecular flexibility index (Phi) is 3.74. The van der Waals surface area contributed by atoms with E-state index >= 15 is 0 Å². The monoisotopic (exact) mass is 333 g/mol. The maximum Gasteiger partial charge on any atom is 0.255 e. The number of carbonyl (C=O) groups excluding carboxylic acids is 1.